The van der Waals surface area contributed by atoms with E-state index in [0.717, 1.165) is 41.9 Å². The van der Waals surface area contributed by atoms with E-state index in [1.54, 1.807) is 46.0 Å². The monoisotopic (exact) mass is 1250 g/mol. The average molecular weight is 1250 g/mol. The van der Waals surface area contributed by atoms with Crippen molar-refractivity contribution in [2.45, 2.75) is 196 Å². The van der Waals surface area contributed by atoms with Crippen LogP contribution in [0.5, 0.6) is 0 Å². The number of carbonyl (C=O) groups excluding carboxylic acids is 10. The molecule has 2 N–H and O–H groups in total. The quantitative estimate of drug-likeness (QED) is 0.0825. The van der Waals surface area contributed by atoms with Crippen molar-refractivity contribution in [1.29, 1.82) is 0 Å². The molecule has 2 aromatic heterocycles. The second-order valence-corrected chi connectivity index (χ2v) is 25.3. The van der Waals surface area contributed by atoms with Crippen molar-refractivity contribution in [3.8, 4) is 0 Å². The molecule has 0 bridgehead atoms. The zero-order chi connectivity index (χ0) is 66.8. The lowest BCUT2D eigenvalue weighted by Crippen LogP contribution is -2.55. The van der Waals surface area contributed by atoms with Gasteiger partial charge in [0.25, 0.3) is 23.6 Å². The normalized spacial score (nSPS) is 21.8. The minimum atomic E-state index is -1.58. The number of cyclic esters (lactones) is 4. The maximum atomic E-state index is 15.1. The lowest BCUT2D eigenvalue weighted by molar-refractivity contribution is -0.176. The number of ether oxygens (including phenoxy) is 4. The van der Waals surface area contributed by atoms with E-state index in [1.807, 2.05) is 92.0 Å². The predicted molar refractivity (Wildman–Crippen MR) is 333 cm³/mol. The van der Waals surface area contributed by atoms with Gasteiger partial charge in [-0.2, -0.15) is 10.2 Å². The number of aromatic nitrogens is 4. The molecule has 0 unspecified atom stereocenters. The van der Waals surface area contributed by atoms with Crippen LogP contribution in [0, 0.1) is 23.7 Å². The number of nitrogens with one attached hydrogen (secondary N) is 2. The average Bonchev–Trinajstić information content (AvgIpc) is 2.95. The summed E-state index contributed by atoms with van der Waals surface area (Å²) >= 11 is 0. The summed E-state index contributed by atoms with van der Waals surface area (Å²) in [5.41, 5.74) is 4.43. The summed E-state index contributed by atoms with van der Waals surface area (Å²) in [6.45, 7) is 21.6. The summed E-state index contributed by atoms with van der Waals surface area (Å²) < 4.78 is 27.7. The number of amides is 6. The number of esters is 4. The molecule has 4 aromatic rings. The van der Waals surface area contributed by atoms with E-state index in [4.69, 9.17) is 18.9 Å². The lowest BCUT2D eigenvalue weighted by atomic mass is 9.99. The van der Waals surface area contributed by atoms with Gasteiger partial charge < -0.3 is 49.2 Å². The fourth-order valence-electron chi connectivity index (χ4n) is 10.5. The Balaban J connectivity index is 1.56. The fourth-order valence-corrected chi connectivity index (χ4v) is 10.5. The molecular weight excluding hydrogens is 1160 g/mol. The third-order valence-electron chi connectivity index (χ3n) is 15.5. The summed E-state index contributed by atoms with van der Waals surface area (Å²) in [7, 11) is 5.49. The van der Waals surface area contributed by atoms with Crippen molar-refractivity contribution < 1.29 is 66.9 Å². The van der Waals surface area contributed by atoms with Gasteiger partial charge in [0.2, 0.25) is 11.8 Å². The molecule has 6 amide bonds. The Morgan fingerprint density at radius 3 is 0.967 bits per heavy atom. The SMILES string of the molecule is CC(=O)NCc1cnn(Cc2ccc(C[C@H]3OC(=O)[C@H](CC(C)C)N(C)C(=O)[C@@H](C)OC(=O)[C@H](CC(C)C)N(C)C(=O)[C@@H](Cc4ccc(Cn5cc(CNC(C)=O)cn5)cc4)OC(=O)[C@H](CC(C)C)N(C)C(=O)[C@@H](C)OC(=O)[C@H](CC(C)C)N(C)C3=O)cc2)c1. The van der Waals surface area contributed by atoms with Gasteiger partial charge in [-0.05, 0) is 85.5 Å². The highest BCUT2D eigenvalue weighted by Gasteiger charge is 2.43. The van der Waals surface area contributed by atoms with Gasteiger partial charge in [0, 0.05) is 91.5 Å². The first kappa shape index (κ1) is 72.3. The van der Waals surface area contributed by atoms with Crippen LogP contribution in [0.3, 0.4) is 0 Å². The largest absolute Gasteiger partial charge is 0.451 e. The highest BCUT2D eigenvalue weighted by Crippen LogP contribution is 2.25. The van der Waals surface area contributed by atoms with Crippen molar-refractivity contribution in [3.05, 3.63) is 107 Å². The van der Waals surface area contributed by atoms with Crippen molar-refractivity contribution in [1.82, 2.24) is 49.8 Å². The molecule has 1 fully saturated rings. The Morgan fingerprint density at radius 2 is 0.689 bits per heavy atom. The lowest BCUT2D eigenvalue weighted by Gasteiger charge is -2.35. The van der Waals surface area contributed by atoms with E-state index in [-0.39, 0.29) is 74.0 Å². The van der Waals surface area contributed by atoms with Crippen LogP contribution in [0.15, 0.2) is 73.3 Å². The predicted octanol–water partition coefficient (Wildman–Crippen LogP) is 5.43. The molecule has 1 aliphatic heterocycles. The van der Waals surface area contributed by atoms with E-state index < -0.39 is 96.1 Å². The third-order valence-corrected chi connectivity index (χ3v) is 15.5. The molecular formula is C66H94N10O14. The smallest absolute Gasteiger partial charge is 0.329 e. The van der Waals surface area contributed by atoms with Crippen molar-refractivity contribution in [3.63, 3.8) is 0 Å². The topological polar surface area (TPSA) is 280 Å². The van der Waals surface area contributed by atoms with Crippen LogP contribution in [0.1, 0.15) is 142 Å². The number of rotatable bonds is 20. The van der Waals surface area contributed by atoms with Crippen LogP contribution in [0.25, 0.3) is 0 Å². The second kappa shape index (κ2) is 33.4. The molecule has 5 rings (SSSR count). The number of hydrogen-bond donors (Lipinski definition) is 2. The molecule has 0 aliphatic carbocycles. The third kappa shape index (κ3) is 21.4. The molecule has 24 nitrogen and oxygen atoms in total. The summed E-state index contributed by atoms with van der Waals surface area (Å²) in [5, 5.41) is 14.3. The summed E-state index contributed by atoms with van der Waals surface area (Å²) in [4.78, 5) is 146. The summed E-state index contributed by atoms with van der Waals surface area (Å²) in [6.07, 6.45) is 0.579. The first-order valence-corrected chi connectivity index (χ1v) is 30.9. The second-order valence-electron chi connectivity index (χ2n) is 25.3. The van der Waals surface area contributed by atoms with E-state index in [9.17, 15) is 38.4 Å². The van der Waals surface area contributed by atoms with Gasteiger partial charge in [-0.1, -0.05) is 104 Å². The van der Waals surface area contributed by atoms with Crippen molar-refractivity contribution in [2.75, 3.05) is 28.2 Å². The molecule has 24 heteroatoms. The molecule has 90 heavy (non-hydrogen) atoms. The van der Waals surface area contributed by atoms with Crippen LogP contribution in [0.4, 0.5) is 0 Å². The van der Waals surface area contributed by atoms with Crippen LogP contribution >= 0.6 is 0 Å². The minimum absolute atomic E-state index is 0.0517. The van der Waals surface area contributed by atoms with Gasteiger partial charge in [-0.3, -0.25) is 38.1 Å². The molecule has 1 saturated heterocycles. The number of hydrogen-bond acceptors (Lipinski definition) is 16. The fraction of sp³-hybridized carbons (Fsp3) is 0.576. The molecule has 492 valence electrons. The number of nitrogens with zero attached hydrogens (tertiary/aromatic N) is 8. The van der Waals surface area contributed by atoms with Gasteiger partial charge >= 0.3 is 23.9 Å². The first-order chi connectivity index (χ1) is 42.3. The van der Waals surface area contributed by atoms with Crippen molar-refractivity contribution >= 4 is 59.3 Å². The molecule has 1 aliphatic rings. The van der Waals surface area contributed by atoms with E-state index in [0.29, 0.717) is 37.3 Å². The van der Waals surface area contributed by atoms with Gasteiger partial charge in [0.15, 0.2) is 24.4 Å². The first-order valence-electron chi connectivity index (χ1n) is 30.9. The van der Waals surface area contributed by atoms with E-state index in [1.165, 1.54) is 55.9 Å². The zero-order valence-electron chi connectivity index (χ0n) is 55.2. The molecule has 3 heterocycles. The van der Waals surface area contributed by atoms with Gasteiger partial charge in [0.1, 0.15) is 24.2 Å². The Kier molecular flexibility index (Phi) is 26.8. The molecule has 0 radical (unpaired) electrons. The number of benzene rings is 2. The Hall–Kier alpha value is -8.44. The molecule has 0 spiro atoms. The summed E-state index contributed by atoms with van der Waals surface area (Å²) in [6, 6.07) is 9.09. The highest BCUT2D eigenvalue weighted by molar-refractivity contribution is 5.94. The van der Waals surface area contributed by atoms with E-state index in [2.05, 4.69) is 20.8 Å². The van der Waals surface area contributed by atoms with Gasteiger partial charge in [-0.25, -0.2) is 19.2 Å². The Morgan fingerprint density at radius 1 is 0.422 bits per heavy atom. The number of likely N-dealkylation sites (N-methyl/N-ethyl adjacent to an activating group) is 4. The van der Waals surface area contributed by atoms with Crippen LogP contribution in [-0.4, -0.2) is 175 Å². The maximum Gasteiger partial charge on any atom is 0.329 e. The Bertz CT molecular complexity index is 2900. The van der Waals surface area contributed by atoms with Gasteiger partial charge in [-0.15, -0.1) is 0 Å². The molecule has 8 atom stereocenters. The molecule has 2 aromatic carbocycles. The maximum absolute atomic E-state index is 15.1. The molecule has 0 saturated carbocycles. The minimum Gasteiger partial charge on any atom is -0.451 e. The number of carbonyl (C=O) groups is 10. The van der Waals surface area contributed by atoms with Crippen LogP contribution in [0.2, 0.25) is 0 Å². The van der Waals surface area contributed by atoms with E-state index >= 15 is 9.59 Å². The Labute approximate surface area is 529 Å². The van der Waals surface area contributed by atoms with Crippen LogP contribution < -0.4 is 10.6 Å². The zero-order valence-corrected chi connectivity index (χ0v) is 55.2. The highest BCUT2D eigenvalue weighted by atomic mass is 16.6. The summed E-state index contributed by atoms with van der Waals surface area (Å²) in [5.74, 6) is -8.14. The van der Waals surface area contributed by atoms with Crippen molar-refractivity contribution in [2.24, 2.45) is 23.7 Å². The standard InChI is InChI=1S/C66H94N10O14/c1-39(2)25-53-63(83)87-43(9)59(79)71(13)56(28-42(7)8)66(86)90-58(30-48-19-23-50(24-20-48)36-76-38-52(34-70-76)32-68-46(12)78)62(82)74(16)54(26-40(3)4)64(84)88-44(10)60(80)72(14)55(27-41(5)6)65(85)89-57(61(81)73(53)15)29-47-17-21-49(22-18-47)35-75-37-51(33-69-75)31-67-45(11)77/h17-24,33-34,37-44,53-58H,25-32,35-36H2,1-16H3,(H,67,77)(H,68,78)/t43-,44-,53+,54+,55+,56+,57-,58-/m1/s1. The van der Waals surface area contributed by atoms with Crippen LogP contribution in [-0.2, 0) is 106 Å². The van der Waals surface area contributed by atoms with Gasteiger partial charge in [0.05, 0.1) is 25.5 Å².